The second-order valence-corrected chi connectivity index (χ2v) is 6.58. The van der Waals surface area contributed by atoms with Crippen molar-refractivity contribution < 1.29 is 9.53 Å². The highest BCUT2D eigenvalue weighted by molar-refractivity contribution is 5.94. The quantitative estimate of drug-likeness (QED) is 0.647. The average molecular weight is 365 g/mol. The molecular formula is C20H23N5O2. The third kappa shape index (κ3) is 3.39. The molecule has 2 unspecified atom stereocenters. The predicted octanol–water partition coefficient (Wildman–Crippen LogP) is 2.36. The van der Waals surface area contributed by atoms with Gasteiger partial charge in [-0.3, -0.25) is 9.78 Å². The summed E-state index contributed by atoms with van der Waals surface area (Å²) in [7, 11) is 1.68. The minimum absolute atomic E-state index is 0.0996. The molecule has 1 aliphatic heterocycles. The smallest absolute Gasteiger partial charge is 0.254 e. The number of nitrogens with zero attached hydrogens (tertiary/aromatic N) is 2. The van der Waals surface area contributed by atoms with Crippen LogP contribution in [0.25, 0.3) is 10.9 Å². The molecule has 0 saturated carbocycles. The predicted molar refractivity (Wildman–Crippen MR) is 103 cm³/mol. The number of hydrazine groups is 1. The monoisotopic (exact) mass is 365 g/mol. The van der Waals surface area contributed by atoms with Crippen molar-refractivity contribution >= 4 is 16.8 Å². The highest BCUT2D eigenvalue weighted by Crippen LogP contribution is 2.30. The van der Waals surface area contributed by atoms with Crippen LogP contribution >= 0.6 is 0 Å². The third-order valence-electron chi connectivity index (χ3n) is 4.95. The number of hydrogen-bond acceptors (Lipinski definition) is 5. The summed E-state index contributed by atoms with van der Waals surface area (Å²) in [5.41, 5.74) is 9.41. The average Bonchev–Trinajstić information content (AvgIpc) is 3.31. The summed E-state index contributed by atoms with van der Waals surface area (Å²) in [5.74, 6) is 0.713. The number of carbonyl (C=O) groups is 1. The highest BCUT2D eigenvalue weighted by Gasteiger charge is 2.29. The molecule has 1 saturated heterocycles. The lowest BCUT2D eigenvalue weighted by Crippen LogP contribution is -2.44. The van der Waals surface area contributed by atoms with Crippen molar-refractivity contribution in [3.8, 4) is 5.75 Å². The van der Waals surface area contributed by atoms with E-state index in [4.69, 9.17) is 4.74 Å². The second kappa shape index (κ2) is 7.38. The second-order valence-electron chi connectivity index (χ2n) is 6.58. The van der Waals surface area contributed by atoms with Crippen LogP contribution in [0.4, 0.5) is 0 Å². The van der Waals surface area contributed by atoms with Crippen LogP contribution in [-0.2, 0) is 6.54 Å². The lowest BCUT2D eigenvalue weighted by molar-refractivity contribution is 0.0932. The van der Waals surface area contributed by atoms with E-state index in [9.17, 15) is 4.79 Å². The molecule has 4 rings (SSSR count). The molecule has 1 fully saturated rings. The van der Waals surface area contributed by atoms with Crippen molar-refractivity contribution in [3.63, 3.8) is 0 Å². The first-order chi connectivity index (χ1) is 13.2. The molecule has 0 bridgehead atoms. The van der Waals surface area contributed by atoms with Gasteiger partial charge in [-0.05, 0) is 43.3 Å². The number of hydrogen-bond donors (Lipinski definition) is 3. The summed E-state index contributed by atoms with van der Waals surface area (Å²) in [6.45, 7) is 3.01. The van der Waals surface area contributed by atoms with Gasteiger partial charge >= 0.3 is 0 Å². The van der Waals surface area contributed by atoms with Crippen LogP contribution in [-0.4, -0.2) is 28.7 Å². The van der Waals surface area contributed by atoms with Gasteiger partial charge in [0.25, 0.3) is 5.91 Å². The molecule has 0 aliphatic carbocycles. The van der Waals surface area contributed by atoms with E-state index in [1.54, 1.807) is 31.6 Å². The number of nitrogens with one attached hydrogen (secondary N) is 3. The van der Waals surface area contributed by atoms with E-state index in [2.05, 4.69) is 50.8 Å². The van der Waals surface area contributed by atoms with E-state index < -0.39 is 0 Å². The molecule has 1 aromatic carbocycles. The number of amides is 1. The number of rotatable bonds is 5. The topological polar surface area (TPSA) is 80.2 Å². The number of ether oxygens (including phenoxy) is 1. The first kappa shape index (κ1) is 17.5. The Bertz CT molecular complexity index is 954. The molecule has 7 heteroatoms. The summed E-state index contributed by atoms with van der Waals surface area (Å²) < 4.78 is 7.63. The van der Waals surface area contributed by atoms with Crippen molar-refractivity contribution in [2.24, 2.45) is 0 Å². The van der Waals surface area contributed by atoms with Gasteiger partial charge in [-0.1, -0.05) is 0 Å². The molecule has 0 radical (unpaired) electrons. The number of methoxy groups -OCH3 is 1. The van der Waals surface area contributed by atoms with Gasteiger partial charge in [0.05, 0.1) is 24.9 Å². The zero-order valence-corrected chi connectivity index (χ0v) is 15.4. The summed E-state index contributed by atoms with van der Waals surface area (Å²) in [6, 6.07) is 11.9. The minimum atomic E-state index is -0.152. The number of aryl methyl sites for hydroxylation is 1. The Morgan fingerprint density at radius 3 is 2.96 bits per heavy atom. The summed E-state index contributed by atoms with van der Waals surface area (Å²) >= 11 is 0. The van der Waals surface area contributed by atoms with Gasteiger partial charge in [-0.25, -0.2) is 10.9 Å². The maximum atomic E-state index is 12.3. The van der Waals surface area contributed by atoms with Gasteiger partial charge in [0.15, 0.2) is 0 Å². The normalized spacial score (nSPS) is 19.3. The van der Waals surface area contributed by atoms with Gasteiger partial charge in [0.1, 0.15) is 5.75 Å². The highest BCUT2D eigenvalue weighted by atomic mass is 16.5. The van der Waals surface area contributed by atoms with Gasteiger partial charge in [-0.15, -0.1) is 0 Å². The SMILES string of the molecule is CCn1c(C2CC(NC(=O)c3cccnc3)NN2)cc2cc(OC)ccc21. The molecule has 7 nitrogen and oxygen atoms in total. The minimum Gasteiger partial charge on any atom is -0.497 e. The molecule has 27 heavy (non-hydrogen) atoms. The van der Waals surface area contributed by atoms with Crippen LogP contribution in [0.5, 0.6) is 5.75 Å². The van der Waals surface area contributed by atoms with Gasteiger partial charge in [0.2, 0.25) is 0 Å². The van der Waals surface area contributed by atoms with Crippen LogP contribution < -0.4 is 20.9 Å². The molecule has 3 N–H and O–H groups in total. The Morgan fingerprint density at radius 2 is 2.22 bits per heavy atom. The van der Waals surface area contributed by atoms with Gasteiger partial charge in [-0.2, -0.15) is 0 Å². The van der Waals surface area contributed by atoms with Crippen LogP contribution in [0.2, 0.25) is 0 Å². The van der Waals surface area contributed by atoms with E-state index in [0.29, 0.717) is 5.56 Å². The standard InChI is InChI=1S/C20H23N5O2/c1-3-25-17-7-6-15(27-2)9-14(17)10-18(25)16-11-19(24-23-16)22-20(26)13-5-4-8-21-12-13/h4-10,12,16,19,23-24H,3,11H2,1-2H3,(H,22,26). The van der Waals surface area contributed by atoms with Crippen molar-refractivity contribution in [1.82, 2.24) is 25.7 Å². The van der Waals surface area contributed by atoms with Crippen molar-refractivity contribution in [3.05, 3.63) is 60.0 Å². The Kier molecular flexibility index (Phi) is 4.79. The maximum absolute atomic E-state index is 12.3. The summed E-state index contributed by atoms with van der Waals surface area (Å²) in [5, 5.41) is 4.15. The molecular weight excluding hydrogens is 342 g/mol. The van der Waals surface area contributed by atoms with E-state index >= 15 is 0 Å². The van der Waals surface area contributed by atoms with Crippen LogP contribution in [0.15, 0.2) is 48.8 Å². The van der Waals surface area contributed by atoms with Crippen molar-refractivity contribution in [2.45, 2.75) is 32.1 Å². The van der Waals surface area contributed by atoms with Gasteiger partial charge in [0, 0.05) is 42.0 Å². The van der Waals surface area contributed by atoms with E-state index in [1.165, 1.54) is 11.2 Å². The zero-order chi connectivity index (χ0) is 18.8. The fourth-order valence-corrected chi connectivity index (χ4v) is 3.62. The summed E-state index contributed by atoms with van der Waals surface area (Å²) in [4.78, 5) is 16.3. The molecule has 1 aliphatic rings. The first-order valence-electron chi connectivity index (χ1n) is 9.08. The number of pyridine rings is 1. The Labute approximate surface area is 157 Å². The number of fused-ring (bicyclic) bond motifs is 1. The van der Waals surface area contributed by atoms with Crippen molar-refractivity contribution in [1.29, 1.82) is 0 Å². The number of aromatic nitrogens is 2. The first-order valence-corrected chi connectivity index (χ1v) is 9.08. The molecule has 140 valence electrons. The largest absolute Gasteiger partial charge is 0.497 e. The number of carbonyl (C=O) groups excluding carboxylic acids is 1. The fourth-order valence-electron chi connectivity index (χ4n) is 3.62. The van der Waals surface area contributed by atoms with Crippen LogP contribution in [0.1, 0.15) is 35.4 Å². The van der Waals surface area contributed by atoms with Gasteiger partial charge < -0.3 is 14.6 Å². The molecule has 3 aromatic rings. The Hall–Kier alpha value is -2.90. The van der Waals surface area contributed by atoms with E-state index in [-0.39, 0.29) is 18.1 Å². The van der Waals surface area contributed by atoms with E-state index in [1.807, 2.05) is 6.07 Å². The lowest BCUT2D eigenvalue weighted by Gasteiger charge is -2.14. The molecule has 3 heterocycles. The Balaban J connectivity index is 1.52. The molecule has 0 spiro atoms. The third-order valence-corrected chi connectivity index (χ3v) is 4.95. The lowest BCUT2D eigenvalue weighted by atomic mass is 10.1. The van der Waals surface area contributed by atoms with Crippen LogP contribution in [0, 0.1) is 0 Å². The molecule has 2 aromatic heterocycles. The summed E-state index contributed by atoms with van der Waals surface area (Å²) in [6.07, 6.45) is 3.82. The van der Waals surface area contributed by atoms with E-state index in [0.717, 1.165) is 24.1 Å². The van der Waals surface area contributed by atoms with Crippen LogP contribution in [0.3, 0.4) is 0 Å². The fraction of sp³-hybridized carbons (Fsp3) is 0.300. The Morgan fingerprint density at radius 1 is 1.33 bits per heavy atom. The molecule has 1 amide bonds. The van der Waals surface area contributed by atoms with Crippen molar-refractivity contribution in [2.75, 3.05) is 7.11 Å². The maximum Gasteiger partial charge on any atom is 0.254 e. The zero-order valence-electron chi connectivity index (χ0n) is 15.4. The molecule has 2 atom stereocenters. The number of benzene rings is 1.